The Morgan fingerprint density at radius 3 is 2.56 bits per heavy atom. The first-order chi connectivity index (χ1) is 8.74. The highest BCUT2D eigenvalue weighted by molar-refractivity contribution is 9.12. The van der Waals surface area contributed by atoms with Crippen molar-refractivity contribution in [2.45, 2.75) is 43.9 Å². The highest BCUT2D eigenvalue weighted by atomic mass is 79.9. The number of hydrogen-bond acceptors (Lipinski definition) is 1. The Morgan fingerprint density at radius 1 is 1.00 bits per heavy atom. The van der Waals surface area contributed by atoms with E-state index in [1.807, 2.05) is 0 Å². The highest BCUT2D eigenvalue weighted by Gasteiger charge is 2.43. The molecule has 0 bridgehead atoms. The van der Waals surface area contributed by atoms with E-state index in [1.54, 1.807) is 0 Å². The normalized spacial score (nSPS) is 28.2. The van der Waals surface area contributed by atoms with E-state index in [0.29, 0.717) is 12.2 Å². The lowest BCUT2D eigenvalue weighted by Crippen LogP contribution is -2.36. The first kappa shape index (κ1) is 12.2. The zero-order valence-electron chi connectivity index (χ0n) is 10.4. The Labute approximate surface area is 116 Å². The summed E-state index contributed by atoms with van der Waals surface area (Å²) < 4.78 is 0.873. The molecule has 1 fully saturated rings. The summed E-state index contributed by atoms with van der Waals surface area (Å²) in [7, 11) is 0. The summed E-state index contributed by atoms with van der Waals surface area (Å²) in [5.74, 6) is 0.290. The van der Waals surface area contributed by atoms with Gasteiger partial charge in [-0.1, -0.05) is 36.8 Å². The fraction of sp³-hybridized carbons (Fsp3) is 0.438. The van der Waals surface area contributed by atoms with Gasteiger partial charge < -0.3 is 0 Å². The summed E-state index contributed by atoms with van der Waals surface area (Å²) in [6.07, 6.45) is 6.41. The summed E-state index contributed by atoms with van der Waals surface area (Å²) in [4.78, 5) is 11.9. The number of fused-ring (bicyclic) bond motifs is 1. The van der Waals surface area contributed by atoms with Crippen LogP contribution in [0.4, 0.5) is 0 Å². The molecule has 0 N–H and O–H groups in total. The van der Waals surface area contributed by atoms with Crippen LogP contribution in [0.1, 0.15) is 44.1 Å². The van der Waals surface area contributed by atoms with Gasteiger partial charge in [0.2, 0.25) is 0 Å². The Hall–Kier alpha value is -0.890. The van der Waals surface area contributed by atoms with Gasteiger partial charge in [-0.3, -0.25) is 4.79 Å². The molecule has 0 amide bonds. The molecule has 94 valence electrons. The number of halogens is 1. The van der Waals surface area contributed by atoms with Gasteiger partial charge in [-0.2, -0.15) is 0 Å². The van der Waals surface area contributed by atoms with Crippen molar-refractivity contribution in [1.29, 1.82) is 0 Å². The van der Waals surface area contributed by atoms with Crippen LogP contribution >= 0.6 is 15.9 Å². The number of allylic oxidation sites excluding steroid dienone is 2. The maximum atomic E-state index is 11.9. The average molecular weight is 305 g/mol. The third kappa shape index (κ3) is 1.78. The Kier molecular flexibility index (Phi) is 3.14. The van der Waals surface area contributed by atoms with Crippen molar-refractivity contribution in [3.63, 3.8) is 0 Å². The van der Waals surface area contributed by atoms with E-state index < -0.39 is 0 Å². The third-order valence-electron chi connectivity index (χ3n) is 4.47. The molecular weight excluding hydrogens is 288 g/mol. The summed E-state index contributed by atoms with van der Waals surface area (Å²) in [6, 6.07) is 10.7. The van der Waals surface area contributed by atoms with Gasteiger partial charge in [0.1, 0.15) is 0 Å². The largest absolute Gasteiger partial charge is 0.294 e. The Morgan fingerprint density at radius 2 is 1.78 bits per heavy atom. The highest BCUT2D eigenvalue weighted by Crippen LogP contribution is 2.51. The second kappa shape index (κ2) is 4.65. The molecule has 2 aliphatic rings. The molecule has 0 radical (unpaired) electrons. The monoisotopic (exact) mass is 304 g/mol. The smallest absolute Gasteiger partial charge is 0.169 e. The van der Waals surface area contributed by atoms with Crippen molar-refractivity contribution in [2.24, 2.45) is 0 Å². The molecular formula is C16H17BrO. The molecule has 1 saturated carbocycles. The van der Waals surface area contributed by atoms with Crippen molar-refractivity contribution in [1.82, 2.24) is 0 Å². The number of ketones is 1. The minimum absolute atomic E-state index is 0.131. The van der Waals surface area contributed by atoms with Crippen LogP contribution in [0.25, 0.3) is 0 Å². The molecule has 1 aromatic carbocycles. The van der Waals surface area contributed by atoms with E-state index >= 15 is 0 Å². The van der Waals surface area contributed by atoms with Crippen molar-refractivity contribution in [3.05, 3.63) is 46.0 Å². The van der Waals surface area contributed by atoms with Crippen molar-refractivity contribution in [2.75, 3.05) is 0 Å². The molecule has 1 atom stereocenters. The predicted molar refractivity (Wildman–Crippen MR) is 76.8 cm³/mol. The lowest BCUT2D eigenvalue weighted by atomic mass is 9.61. The van der Waals surface area contributed by atoms with Gasteiger partial charge in [0.25, 0.3) is 0 Å². The van der Waals surface area contributed by atoms with Crippen LogP contribution in [0.3, 0.4) is 0 Å². The first-order valence-corrected chi connectivity index (χ1v) is 7.51. The maximum absolute atomic E-state index is 11.9. The van der Waals surface area contributed by atoms with Gasteiger partial charge >= 0.3 is 0 Å². The van der Waals surface area contributed by atoms with Gasteiger partial charge in [0.05, 0.1) is 4.48 Å². The zero-order chi connectivity index (χ0) is 12.6. The summed E-state index contributed by atoms with van der Waals surface area (Å²) in [5.41, 5.74) is 2.88. The molecule has 2 heteroatoms. The maximum Gasteiger partial charge on any atom is 0.169 e. The van der Waals surface area contributed by atoms with Gasteiger partial charge in [-0.25, -0.2) is 0 Å². The number of carbonyl (C=O) groups excluding carboxylic acids is 1. The Balaban J connectivity index is 2.15. The molecule has 1 nitrogen and oxygen atoms in total. The average Bonchev–Trinajstić information content (AvgIpc) is 2.44. The second-order valence-corrected chi connectivity index (χ2v) is 6.16. The standard InChI is InChI=1S/C16H17BrO/c17-15-13-8-4-5-10-16(13,11-9-14(15)18)12-6-2-1-3-7-12/h1-3,6-7H,4-5,8-11H2. The van der Waals surface area contributed by atoms with E-state index in [4.69, 9.17) is 0 Å². The van der Waals surface area contributed by atoms with Gasteiger partial charge in [0.15, 0.2) is 5.78 Å². The predicted octanol–water partition coefficient (Wildman–Crippen LogP) is 4.51. The zero-order valence-corrected chi connectivity index (χ0v) is 12.0. The number of carbonyl (C=O) groups is 1. The van der Waals surface area contributed by atoms with Crippen LogP contribution in [0.2, 0.25) is 0 Å². The number of benzene rings is 1. The quantitative estimate of drug-likeness (QED) is 0.746. The van der Waals surface area contributed by atoms with Gasteiger partial charge in [-0.05, 0) is 52.7 Å². The van der Waals surface area contributed by atoms with Crippen LogP contribution in [-0.4, -0.2) is 5.78 Å². The van der Waals surface area contributed by atoms with Crippen LogP contribution < -0.4 is 0 Å². The molecule has 1 aromatic rings. The molecule has 3 rings (SSSR count). The molecule has 0 aromatic heterocycles. The third-order valence-corrected chi connectivity index (χ3v) is 5.39. The molecule has 2 aliphatic carbocycles. The van der Waals surface area contributed by atoms with Crippen molar-refractivity contribution < 1.29 is 4.79 Å². The minimum Gasteiger partial charge on any atom is -0.294 e. The van der Waals surface area contributed by atoms with Crippen LogP contribution in [0, 0.1) is 0 Å². The van der Waals surface area contributed by atoms with E-state index in [0.717, 1.165) is 17.3 Å². The lowest BCUT2D eigenvalue weighted by molar-refractivity contribution is -0.115. The van der Waals surface area contributed by atoms with Crippen molar-refractivity contribution >= 4 is 21.7 Å². The summed E-state index contributed by atoms with van der Waals surface area (Å²) in [6.45, 7) is 0. The fourth-order valence-electron chi connectivity index (χ4n) is 3.54. The molecule has 18 heavy (non-hydrogen) atoms. The molecule has 0 heterocycles. The van der Waals surface area contributed by atoms with Gasteiger partial charge in [-0.15, -0.1) is 0 Å². The molecule has 0 aliphatic heterocycles. The van der Waals surface area contributed by atoms with Crippen LogP contribution in [-0.2, 0) is 10.2 Å². The Bertz CT molecular complexity index is 503. The number of rotatable bonds is 1. The van der Waals surface area contributed by atoms with E-state index in [2.05, 4.69) is 46.3 Å². The summed E-state index contributed by atoms with van der Waals surface area (Å²) >= 11 is 3.56. The molecule has 1 unspecified atom stereocenters. The second-order valence-electron chi connectivity index (χ2n) is 5.37. The van der Waals surface area contributed by atoms with E-state index in [9.17, 15) is 4.79 Å². The number of hydrogen-bond donors (Lipinski definition) is 0. The first-order valence-electron chi connectivity index (χ1n) is 6.72. The summed E-state index contributed by atoms with van der Waals surface area (Å²) in [5, 5.41) is 0. The van der Waals surface area contributed by atoms with Crippen molar-refractivity contribution in [3.8, 4) is 0 Å². The van der Waals surface area contributed by atoms with Gasteiger partial charge in [0, 0.05) is 11.8 Å². The fourth-order valence-corrected chi connectivity index (χ4v) is 4.32. The van der Waals surface area contributed by atoms with Crippen LogP contribution in [0.5, 0.6) is 0 Å². The minimum atomic E-state index is 0.131. The van der Waals surface area contributed by atoms with E-state index in [-0.39, 0.29) is 5.41 Å². The van der Waals surface area contributed by atoms with Crippen LogP contribution in [0.15, 0.2) is 40.4 Å². The molecule has 0 spiro atoms. The topological polar surface area (TPSA) is 17.1 Å². The SMILES string of the molecule is O=C1CCC2(c3ccccc3)CCCCC2=C1Br. The molecule has 0 saturated heterocycles. The number of Topliss-reactive ketones (excluding diaryl/α,β-unsaturated/α-hetero) is 1. The lowest BCUT2D eigenvalue weighted by Gasteiger charge is -2.43. The van der Waals surface area contributed by atoms with E-state index in [1.165, 1.54) is 30.4 Å².